The summed E-state index contributed by atoms with van der Waals surface area (Å²) in [6.45, 7) is 2.45. The molecular weight excluding hydrogens is 268 g/mol. The lowest BCUT2D eigenvalue weighted by molar-refractivity contribution is -0.129. The fourth-order valence-corrected chi connectivity index (χ4v) is 2.27. The Balaban J connectivity index is 1.76. The lowest BCUT2D eigenvalue weighted by Gasteiger charge is -2.25. The molecule has 0 saturated carbocycles. The molecule has 1 aromatic heterocycles. The van der Waals surface area contributed by atoms with Crippen molar-refractivity contribution in [2.75, 3.05) is 26.3 Å². The first-order valence-electron chi connectivity index (χ1n) is 6.87. The number of pyridine rings is 1. The van der Waals surface area contributed by atoms with Crippen molar-refractivity contribution >= 4 is 22.9 Å². The van der Waals surface area contributed by atoms with Crippen molar-refractivity contribution in [3.63, 3.8) is 0 Å². The van der Waals surface area contributed by atoms with E-state index in [9.17, 15) is 9.90 Å². The number of ether oxygens (including phenoxy) is 1. The Morgan fingerprint density at radius 3 is 2.86 bits per heavy atom. The van der Waals surface area contributed by atoms with Crippen molar-refractivity contribution in [2.45, 2.75) is 0 Å². The van der Waals surface area contributed by atoms with Crippen LogP contribution in [0.15, 0.2) is 36.4 Å². The number of phenols is 1. The number of fused-ring (bicyclic) bond motifs is 1. The predicted octanol–water partition coefficient (Wildman–Crippen LogP) is 1.81. The standard InChI is InChI=1S/C16H16N2O3/c19-14-4-5-15-12(11-14)1-2-13(17-15)3-6-16(20)18-7-9-21-10-8-18/h1-6,11,19H,7-10H2/b6-3+. The van der Waals surface area contributed by atoms with Crippen molar-refractivity contribution in [3.8, 4) is 5.75 Å². The number of carbonyl (C=O) groups excluding carboxylic acids is 1. The summed E-state index contributed by atoms with van der Waals surface area (Å²) in [7, 11) is 0. The van der Waals surface area contributed by atoms with Crippen LogP contribution in [0.2, 0.25) is 0 Å². The van der Waals surface area contributed by atoms with Crippen LogP contribution in [-0.2, 0) is 9.53 Å². The summed E-state index contributed by atoms with van der Waals surface area (Å²) in [6.07, 6.45) is 3.25. The summed E-state index contributed by atoms with van der Waals surface area (Å²) < 4.78 is 5.22. The smallest absolute Gasteiger partial charge is 0.246 e. The highest BCUT2D eigenvalue weighted by Gasteiger charge is 2.13. The monoisotopic (exact) mass is 284 g/mol. The van der Waals surface area contributed by atoms with Gasteiger partial charge in [-0.25, -0.2) is 4.98 Å². The van der Waals surface area contributed by atoms with Crippen molar-refractivity contribution in [3.05, 3.63) is 42.1 Å². The third kappa shape index (κ3) is 3.20. The van der Waals surface area contributed by atoms with E-state index in [-0.39, 0.29) is 11.7 Å². The molecule has 1 aliphatic heterocycles. The van der Waals surface area contributed by atoms with Gasteiger partial charge in [0.15, 0.2) is 0 Å². The zero-order chi connectivity index (χ0) is 14.7. The van der Waals surface area contributed by atoms with Gasteiger partial charge < -0.3 is 14.7 Å². The van der Waals surface area contributed by atoms with Crippen LogP contribution in [0.3, 0.4) is 0 Å². The summed E-state index contributed by atoms with van der Waals surface area (Å²) in [5.41, 5.74) is 1.50. The van der Waals surface area contributed by atoms with Gasteiger partial charge in [-0.05, 0) is 30.3 Å². The number of aromatic hydroxyl groups is 1. The van der Waals surface area contributed by atoms with Crippen LogP contribution in [0.4, 0.5) is 0 Å². The summed E-state index contributed by atoms with van der Waals surface area (Å²) >= 11 is 0. The number of benzene rings is 1. The zero-order valence-corrected chi connectivity index (χ0v) is 11.5. The Bertz CT molecular complexity index is 691. The van der Waals surface area contributed by atoms with Crippen molar-refractivity contribution in [2.24, 2.45) is 0 Å². The van der Waals surface area contributed by atoms with Gasteiger partial charge in [-0.15, -0.1) is 0 Å². The Morgan fingerprint density at radius 1 is 1.24 bits per heavy atom. The Labute approximate surface area is 122 Å². The minimum Gasteiger partial charge on any atom is -0.508 e. The first-order valence-corrected chi connectivity index (χ1v) is 6.87. The molecule has 1 N–H and O–H groups in total. The van der Waals surface area contributed by atoms with Gasteiger partial charge >= 0.3 is 0 Å². The fraction of sp³-hybridized carbons (Fsp3) is 0.250. The molecule has 0 bridgehead atoms. The van der Waals surface area contributed by atoms with Crippen LogP contribution in [-0.4, -0.2) is 47.2 Å². The molecular formula is C16H16N2O3. The second kappa shape index (κ2) is 5.93. The van der Waals surface area contributed by atoms with Gasteiger partial charge in [-0.1, -0.05) is 6.07 Å². The number of hydrogen-bond acceptors (Lipinski definition) is 4. The number of amides is 1. The van der Waals surface area contributed by atoms with Crippen molar-refractivity contribution in [1.82, 2.24) is 9.88 Å². The van der Waals surface area contributed by atoms with Crippen molar-refractivity contribution < 1.29 is 14.6 Å². The minimum atomic E-state index is -0.0223. The summed E-state index contributed by atoms with van der Waals surface area (Å²) in [6, 6.07) is 8.72. The van der Waals surface area contributed by atoms with E-state index in [4.69, 9.17) is 4.74 Å². The molecule has 0 unspecified atom stereocenters. The lowest BCUT2D eigenvalue weighted by Crippen LogP contribution is -2.39. The highest BCUT2D eigenvalue weighted by atomic mass is 16.5. The minimum absolute atomic E-state index is 0.0223. The van der Waals surface area contributed by atoms with E-state index in [2.05, 4.69) is 4.98 Å². The number of phenolic OH excluding ortho intramolecular Hbond substituents is 1. The molecule has 0 aliphatic carbocycles. The number of nitrogens with zero attached hydrogens (tertiary/aromatic N) is 2. The predicted molar refractivity (Wildman–Crippen MR) is 79.8 cm³/mol. The maximum atomic E-state index is 12.0. The summed E-state index contributed by atoms with van der Waals surface area (Å²) in [5.74, 6) is 0.195. The maximum absolute atomic E-state index is 12.0. The molecule has 1 saturated heterocycles. The third-order valence-electron chi connectivity index (χ3n) is 3.41. The van der Waals surface area contributed by atoms with Crippen LogP contribution < -0.4 is 0 Å². The molecule has 2 heterocycles. The molecule has 2 aromatic rings. The van der Waals surface area contributed by atoms with E-state index in [0.717, 1.165) is 16.6 Å². The van der Waals surface area contributed by atoms with E-state index in [1.807, 2.05) is 12.1 Å². The third-order valence-corrected chi connectivity index (χ3v) is 3.41. The SMILES string of the molecule is O=C(/C=C/c1ccc2cc(O)ccc2n1)N1CCOCC1. The first-order chi connectivity index (χ1) is 10.2. The fourth-order valence-electron chi connectivity index (χ4n) is 2.27. The van der Waals surface area contributed by atoms with Gasteiger partial charge in [0.2, 0.25) is 5.91 Å². The second-order valence-electron chi connectivity index (χ2n) is 4.88. The normalized spacial score (nSPS) is 15.7. The quantitative estimate of drug-likeness (QED) is 0.854. The van der Waals surface area contributed by atoms with Crippen molar-refractivity contribution in [1.29, 1.82) is 0 Å². The van der Waals surface area contributed by atoms with Crippen LogP contribution >= 0.6 is 0 Å². The van der Waals surface area contributed by atoms with Crippen LogP contribution in [0, 0.1) is 0 Å². The Hall–Kier alpha value is -2.40. The summed E-state index contributed by atoms with van der Waals surface area (Å²) in [4.78, 5) is 18.2. The molecule has 0 spiro atoms. The molecule has 5 nitrogen and oxygen atoms in total. The van der Waals surface area contributed by atoms with E-state index < -0.39 is 0 Å². The summed E-state index contributed by atoms with van der Waals surface area (Å²) in [5, 5.41) is 10.3. The topological polar surface area (TPSA) is 62.7 Å². The van der Waals surface area contributed by atoms with Gasteiger partial charge in [0.1, 0.15) is 5.75 Å². The van der Waals surface area contributed by atoms with Gasteiger partial charge in [0.05, 0.1) is 24.4 Å². The molecule has 0 atom stereocenters. The largest absolute Gasteiger partial charge is 0.508 e. The Kier molecular flexibility index (Phi) is 3.83. The van der Waals surface area contributed by atoms with Gasteiger partial charge in [-0.3, -0.25) is 4.79 Å². The molecule has 108 valence electrons. The average molecular weight is 284 g/mol. The van der Waals surface area contributed by atoms with Crippen LogP contribution in [0.5, 0.6) is 5.75 Å². The van der Waals surface area contributed by atoms with Gasteiger partial charge in [0, 0.05) is 24.6 Å². The molecule has 1 amide bonds. The molecule has 21 heavy (non-hydrogen) atoms. The maximum Gasteiger partial charge on any atom is 0.246 e. The molecule has 1 aromatic carbocycles. The first kappa shape index (κ1) is 13.6. The van der Waals surface area contributed by atoms with Crippen LogP contribution in [0.1, 0.15) is 5.69 Å². The number of aromatic nitrogens is 1. The number of hydrogen-bond donors (Lipinski definition) is 1. The van der Waals surface area contributed by atoms with E-state index >= 15 is 0 Å². The van der Waals surface area contributed by atoms with E-state index in [0.29, 0.717) is 26.3 Å². The molecule has 5 heteroatoms. The van der Waals surface area contributed by atoms with E-state index in [1.54, 1.807) is 35.3 Å². The zero-order valence-electron chi connectivity index (χ0n) is 11.5. The lowest BCUT2D eigenvalue weighted by atomic mass is 10.2. The average Bonchev–Trinajstić information content (AvgIpc) is 2.53. The number of rotatable bonds is 2. The number of morpholine rings is 1. The second-order valence-corrected chi connectivity index (χ2v) is 4.88. The highest BCUT2D eigenvalue weighted by molar-refractivity contribution is 5.92. The van der Waals surface area contributed by atoms with E-state index in [1.165, 1.54) is 0 Å². The number of carbonyl (C=O) groups is 1. The Morgan fingerprint density at radius 2 is 2.05 bits per heavy atom. The molecule has 1 aliphatic rings. The van der Waals surface area contributed by atoms with Gasteiger partial charge in [-0.2, -0.15) is 0 Å². The van der Waals surface area contributed by atoms with Gasteiger partial charge in [0.25, 0.3) is 0 Å². The molecule has 0 radical (unpaired) electrons. The van der Waals surface area contributed by atoms with Crippen LogP contribution in [0.25, 0.3) is 17.0 Å². The highest BCUT2D eigenvalue weighted by Crippen LogP contribution is 2.18. The molecule has 1 fully saturated rings. The molecule has 3 rings (SSSR count).